The van der Waals surface area contributed by atoms with E-state index >= 15 is 0 Å². The first-order valence-corrected chi connectivity index (χ1v) is 7.66. The summed E-state index contributed by atoms with van der Waals surface area (Å²) in [5, 5.41) is 2.50. The fraction of sp³-hybridized carbons (Fsp3) is 0.562. The molecule has 3 rings (SSSR count). The van der Waals surface area contributed by atoms with Crippen LogP contribution in [0, 0.1) is 35.2 Å². The summed E-state index contributed by atoms with van der Waals surface area (Å²) < 4.78 is 39.3. The van der Waals surface area contributed by atoms with Gasteiger partial charge in [0.15, 0.2) is 17.5 Å². The highest BCUT2D eigenvalue weighted by Gasteiger charge is 2.40. The number of nitrogens with one attached hydrogen (secondary N) is 1. The number of fused-ring (bicyclic) bond motifs is 2. The lowest BCUT2D eigenvalue weighted by molar-refractivity contribution is -0.122. The molecule has 0 spiro atoms. The lowest BCUT2D eigenvalue weighted by atomic mass is 9.65. The van der Waals surface area contributed by atoms with Crippen molar-refractivity contribution in [3.8, 4) is 0 Å². The Kier molecular flexibility index (Phi) is 5.57. The molecule has 23 heavy (non-hydrogen) atoms. The summed E-state index contributed by atoms with van der Waals surface area (Å²) in [5.74, 6) is -3.94. The molecule has 3 N–H and O–H groups in total. The van der Waals surface area contributed by atoms with E-state index in [1.54, 1.807) is 0 Å². The number of amides is 1. The summed E-state index contributed by atoms with van der Waals surface area (Å²) in [6.07, 6.45) is 4.61. The number of halogens is 4. The van der Waals surface area contributed by atoms with E-state index in [9.17, 15) is 18.0 Å². The van der Waals surface area contributed by atoms with Gasteiger partial charge in [-0.15, -0.1) is 12.4 Å². The van der Waals surface area contributed by atoms with E-state index in [0.29, 0.717) is 24.7 Å². The molecule has 2 aliphatic carbocycles. The minimum atomic E-state index is -1.53. The summed E-state index contributed by atoms with van der Waals surface area (Å²) in [4.78, 5) is 12.3. The van der Waals surface area contributed by atoms with Crippen molar-refractivity contribution >= 4 is 24.0 Å². The van der Waals surface area contributed by atoms with Crippen molar-refractivity contribution in [2.24, 2.45) is 23.5 Å². The molecule has 0 heterocycles. The smallest absolute Gasteiger partial charge is 0.227 e. The van der Waals surface area contributed by atoms with Gasteiger partial charge in [-0.1, -0.05) is 6.42 Å². The highest BCUT2D eigenvalue weighted by Crippen LogP contribution is 2.42. The van der Waals surface area contributed by atoms with Crippen LogP contribution < -0.4 is 11.1 Å². The number of nitrogens with two attached hydrogens (primary N) is 1. The Labute approximate surface area is 139 Å². The minimum absolute atomic E-state index is 0. The van der Waals surface area contributed by atoms with E-state index in [1.807, 2.05) is 0 Å². The summed E-state index contributed by atoms with van der Waals surface area (Å²) in [6, 6.07) is 1.75. The third kappa shape index (κ3) is 3.63. The molecule has 2 fully saturated rings. The van der Waals surface area contributed by atoms with Crippen LogP contribution in [0.3, 0.4) is 0 Å². The number of carbonyl (C=O) groups is 1. The van der Waals surface area contributed by atoms with Crippen LogP contribution >= 0.6 is 12.4 Å². The van der Waals surface area contributed by atoms with Gasteiger partial charge in [0.1, 0.15) is 0 Å². The molecule has 2 unspecified atom stereocenters. The zero-order valence-corrected chi connectivity index (χ0v) is 13.3. The molecule has 7 heteroatoms. The number of carbonyl (C=O) groups excluding carboxylic acids is 1. The second kappa shape index (κ2) is 7.09. The number of benzene rings is 1. The average molecular weight is 349 g/mol. The third-order valence-electron chi connectivity index (χ3n) is 5.04. The molecule has 1 aromatic carbocycles. The fourth-order valence-corrected chi connectivity index (χ4v) is 3.88. The van der Waals surface area contributed by atoms with Crippen LogP contribution in [0.15, 0.2) is 12.1 Å². The molecular weight excluding hydrogens is 329 g/mol. The van der Waals surface area contributed by atoms with Gasteiger partial charge in [0.05, 0.1) is 0 Å². The molecular formula is C16H20ClF3N2O. The van der Waals surface area contributed by atoms with Gasteiger partial charge >= 0.3 is 0 Å². The second-order valence-electron chi connectivity index (χ2n) is 6.44. The largest absolute Gasteiger partial charge is 0.327 e. The van der Waals surface area contributed by atoms with Crippen LogP contribution in [-0.4, -0.2) is 11.9 Å². The van der Waals surface area contributed by atoms with Gasteiger partial charge in [-0.25, -0.2) is 13.2 Å². The topological polar surface area (TPSA) is 55.1 Å². The molecule has 2 saturated carbocycles. The van der Waals surface area contributed by atoms with E-state index in [1.165, 1.54) is 0 Å². The maximum absolute atomic E-state index is 13.2. The quantitative estimate of drug-likeness (QED) is 0.802. The third-order valence-corrected chi connectivity index (χ3v) is 5.04. The van der Waals surface area contributed by atoms with Crippen molar-refractivity contribution in [1.29, 1.82) is 0 Å². The highest BCUT2D eigenvalue weighted by atomic mass is 35.5. The molecule has 128 valence electrons. The van der Waals surface area contributed by atoms with E-state index in [-0.39, 0.29) is 36.0 Å². The van der Waals surface area contributed by atoms with Crippen LogP contribution in [0.5, 0.6) is 0 Å². The Morgan fingerprint density at radius 3 is 2.13 bits per heavy atom. The van der Waals surface area contributed by atoms with Crippen molar-refractivity contribution in [3.63, 3.8) is 0 Å². The maximum atomic E-state index is 13.2. The van der Waals surface area contributed by atoms with Gasteiger partial charge < -0.3 is 11.1 Å². The summed E-state index contributed by atoms with van der Waals surface area (Å²) in [7, 11) is 0. The van der Waals surface area contributed by atoms with Crippen molar-refractivity contribution in [3.05, 3.63) is 29.6 Å². The number of hydrogen-bond donors (Lipinski definition) is 2. The van der Waals surface area contributed by atoms with Crippen molar-refractivity contribution < 1.29 is 18.0 Å². The number of hydrogen-bond acceptors (Lipinski definition) is 2. The molecule has 0 radical (unpaired) electrons. The molecule has 2 aliphatic rings. The van der Waals surface area contributed by atoms with Gasteiger partial charge in [0, 0.05) is 29.8 Å². The van der Waals surface area contributed by atoms with Crippen LogP contribution in [0.1, 0.15) is 32.1 Å². The lowest BCUT2D eigenvalue weighted by Gasteiger charge is -2.43. The molecule has 1 aromatic rings. The van der Waals surface area contributed by atoms with Crippen LogP contribution in [-0.2, 0) is 4.79 Å². The zero-order chi connectivity index (χ0) is 15.9. The number of anilines is 1. The van der Waals surface area contributed by atoms with Crippen molar-refractivity contribution in [2.45, 2.75) is 38.1 Å². The summed E-state index contributed by atoms with van der Waals surface area (Å²) >= 11 is 0. The fourth-order valence-electron chi connectivity index (χ4n) is 3.88. The van der Waals surface area contributed by atoms with E-state index < -0.39 is 17.5 Å². The first-order chi connectivity index (χ1) is 10.5. The van der Waals surface area contributed by atoms with Gasteiger partial charge in [-0.05, 0) is 37.5 Å². The molecule has 1 amide bonds. The average Bonchev–Trinajstić information content (AvgIpc) is 2.44. The molecule has 0 saturated heterocycles. The van der Waals surface area contributed by atoms with Gasteiger partial charge in [-0.3, -0.25) is 4.79 Å². The van der Waals surface area contributed by atoms with E-state index in [2.05, 4.69) is 5.32 Å². The van der Waals surface area contributed by atoms with Gasteiger partial charge in [-0.2, -0.15) is 0 Å². The predicted molar refractivity (Wildman–Crippen MR) is 83.7 cm³/mol. The van der Waals surface area contributed by atoms with Gasteiger partial charge in [0.2, 0.25) is 5.91 Å². The predicted octanol–water partition coefficient (Wildman–Crippen LogP) is 3.62. The van der Waals surface area contributed by atoms with E-state index in [4.69, 9.17) is 5.73 Å². The Morgan fingerprint density at radius 1 is 1.09 bits per heavy atom. The molecule has 2 bridgehead atoms. The van der Waals surface area contributed by atoms with E-state index in [0.717, 1.165) is 31.4 Å². The zero-order valence-electron chi connectivity index (χ0n) is 12.5. The first kappa shape index (κ1) is 18.1. The SMILES string of the molecule is Cl.NC1C2CCCC1CC(C(=O)Nc1cc(F)c(F)c(F)c1)C2. The molecule has 2 atom stereocenters. The monoisotopic (exact) mass is 348 g/mol. The molecule has 3 nitrogen and oxygen atoms in total. The summed E-state index contributed by atoms with van der Waals surface area (Å²) in [6.45, 7) is 0. The Hall–Kier alpha value is -1.27. The van der Waals surface area contributed by atoms with Gasteiger partial charge in [0.25, 0.3) is 0 Å². The Morgan fingerprint density at radius 2 is 1.61 bits per heavy atom. The second-order valence-corrected chi connectivity index (χ2v) is 6.44. The normalized spacial score (nSPS) is 29.6. The summed E-state index contributed by atoms with van der Waals surface area (Å²) in [5.41, 5.74) is 6.13. The van der Waals surface area contributed by atoms with Crippen LogP contribution in [0.25, 0.3) is 0 Å². The van der Waals surface area contributed by atoms with Crippen LogP contribution in [0.2, 0.25) is 0 Å². The molecule has 0 aliphatic heterocycles. The van der Waals surface area contributed by atoms with Crippen molar-refractivity contribution in [1.82, 2.24) is 0 Å². The lowest BCUT2D eigenvalue weighted by Crippen LogP contribution is -2.48. The molecule has 0 aromatic heterocycles. The minimum Gasteiger partial charge on any atom is -0.327 e. The van der Waals surface area contributed by atoms with Crippen molar-refractivity contribution in [2.75, 3.05) is 5.32 Å². The number of rotatable bonds is 2. The standard InChI is InChI=1S/C16H19F3N2O.ClH/c17-12-6-11(7-13(18)14(12)19)21-16(22)10-4-8-2-1-3-9(5-10)15(8)20;/h6-10,15H,1-5,20H2,(H,21,22);1H. The highest BCUT2D eigenvalue weighted by molar-refractivity contribution is 5.92. The Balaban J connectivity index is 0.00000192. The first-order valence-electron chi connectivity index (χ1n) is 7.66. The van der Waals surface area contributed by atoms with Crippen LogP contribution in [0.4, 0.5) is 18.9 Å². The Bertz CT molecular complexity index is 562. The maximum Gasteiger partial charge on any atom is 0.227 e.